The van der Waals surface area contributed by atoms with E-state index in [4.69, 9.17) is 21.1 Å². The summed E-state index contributed by atoms with van der Waals surface area (Å²) in [6.45, 7) is 4.67. The van der Waals surface area contributed by atoms with Gasteiger partial charge in [-0.2, -0.15) is 0 Å². The van der Waals surface area contributed by atoms with Gasteiger partial charge in [0.2, 0.25) is 0 Å². The highest BCUT2D eigenvalue weighted by Crippen LogP contribution is 2.29. The second kappa shape index (κ2) is 11.1. The lowest BCUT2D eigenvalue weighted by molar-refractivity contribution is -0.122. The highest BCUT2D eigenvalue weighted by Gasteiger charge is 2.36. The first kappa shape index (κ1) is 25.0. The summed E-state index contributed by atoms with van der Waals surface area (Å²) in [4.78, 5) is 39.2. The van der Waals surface area contributed by atoms with E-state index in [1.165, 1.54) is 6.08 Å². The third kappa shape index (κ3) is 5.42. The molecule has 1 aliphatic rings. The predicted octanol–water partition coefficient (Wildman–Crippen LogP) is 5.39. The maximum atomic E-state index is 13.2. The summed E-state index contributed by atoms with van der Waals surface area (Å²) >= 11 is 6.32. The van der Waals surface area contributed by atoms with Crippen molar-refractivity contribution in [1.29, 1.82) is 0 Å². The first-order valence-electron chi connectivity index (χ1n) is 11.5. The minimum atomic E-state index is -0.809. The predicted molar refractivity (Wildman–Crippen MR) is 138 cm³/mol. The van der Waals surface area contributed by atoms with E-state index in [0.717, 1.165) is 16.0 Å². The van der Waals surface area contributed by atoms with E-state index in [0.29, 0.717) is 47.4 Å². The maximum Gasteiger partial charge on any atom is 0.335 e. The summed E-state index contributed by atoms with van der Waals surface area (Å²) in [5.74, 6) is -0.246. The molecule has 0 aromatic heterocycles. The molecule has 4 rings (SSSR count). The van der Waals surface area contributed by atoms with Gasteiger partial charge >= 0.3 is 6.03 Å². The zero-order chi connectivity index (χ0) is 25.7. The number of benzene rings is 3. The van der Waals surface area contributed by atoms with Crippen LogP contribution in [0.2, 0.25) is 5.02 Å². The Bertz CT molecular complexity index is 1330. The molecule has 7 nitrogen and oxygen atoms in total. The zero-order valence-electron chi connectivity index (χ0n) is 19.9. The van der Waals surface area contributed by atoms with Crippen LogP contribution in [0.3, 0.4) is 0 Å². The molecule has 0 radical (unpaired) electrons. The summed E-state index contributed by atoms with van der Waals surface area (Å²) in [5.41, 5.74) is 2.62. The number of halogens is 1. The van der Waals surface area contributed by atoms with E-state index < -0.39 is 17.8 Å². The van der Waals surface area contributed by atoms with E-state index in [1.807, 2.05) is 44.2 Å². The number of ether oxygens (including phenoxy) is 2. The Hall–Kier alpha value is -4.10. The number of nitrogens with one attached hydrogen (secondary N) is 1. The highest BCUT2D eigenvalue weighted by atomic mass is 35.5. The summed E-state index contributed by atoms with van der Waals surface area (Å²) in [6.07, 6.45) is 2.01. The molecule has 4 amide bonds. The minimum Gasteiger partial charge on any atom is -0.494 e. The quantitative estimate of drug-likeness (QED) is 0.328. The zero-order valence-corrected chi connectivity index (χ0v) is 20.7. The van der Waals surface area contributed by atoms with Gasteiger partial charge in [0.25, 0.3) is 11.8 Å². The van der Waals surface area contributed by atoms with Gasteiger partial charge in [-0.3, -0.25) is 14.9 Å². The Balaban J connectivity index is 1.64. The van der Waals surface area contributed by atoms with Crippen molar-refractivity contribution in [1.82, 2.24) is 5.32 Å². The van der Waals surface area contributed by atoms with Gasteiger partial charge in [0.1, 0.15) is 17.1 Å². The first-order chi connectivity index (χ1) is 17.4. The van der Waals surface area contributed by atoms with Crippen LogP contribution < -0.4 is 19.7 Å². The van der Waals surface area contributed by atoms with Crippen LogP contribution in [-0.2, 0) is 16.0 Å². The van der Waals surface area contributed by atoms with Crippen molar-refractivity contribution < 1.29 is 23.9 Å². The van der Waals surface area contributed by atoms with Crippen LogP contribution in [0.5, 0.6) is 11.5 Å². The van der Waals surface area contributed by atoms with Crippen LogP contribution in [0.15, 0.2) is 72.3 Å². The van der Waals surface area contributed by atoms with Crippen molar-refractivity contribution in [3.05, 3.63) is 94.0 Å². The Labute approximate surface area is 214 Å². The van der Waals surface area contributed by atoms with E-state index in [2.05, 4.69) is 5.32 Å². The van der Waals surface area contributed by atoms with Crippen LogP contribution in [0.25, 0.3) is 6.08 Å². The standard InChI is InChI=1S/C28H25ClN2O5/c1-3-35-22-13-11-21(12-14-22)31-27(33)23(26(32)30-28(31)34)15-18-9-10-20(25(16-18)36-4-2)17-19-7-5-6-8-24(19)29/h5-16H,3-4,17H2,1-2H3,(H,30,32,34)/b23-15+. The molecule has 1 N–H and O–H groups in total. The average molecular weight is 505 g/mol. The molecule has 0 saturated carbocycles. The van der Waals surface area contributed by atoms with Gasteiger partial charge in [0, 0.05) is 11.4 Å². The summed E-state index contributed by atoms with van der Waals surface area (Å²) in [6, 6.07) is 18.7. The molecule has 1 fully saturated rings. The molecule has 0 aliphatic carbocycles. The van der Waals surface area contributed by atoms with Crippen LogP contribution in [0.1, 0.15) is 30.5 Å². The Morgan fingerprint density at radius 2 is 1.61 bits per heavy atom. The number of barbiturate groups is 1. The molecule has 1 aliphatic heterocycles. The molecule has 0 bridgehead atoms. The molecule has 184 valence electrons. The van der Waals surface area contributed by atoms with Crippen molar-refractivity contribution in [3.63, 3.8) is 0 Å². The van der Waals surface area contributed by atoms with Crippen LogP contribution >= 0.6 is 11.6 Å². The first-order valence-corrected chi connectivity index (χ1v) is 11.9. The fourth-order valence-electron chi connectivity index (χ4n) is 3.86. The third-order valence-corrected chi connectivity index (χ3v) is 5.92. The molecule has 36 heavy (non-hydrogen) atoms. The Kier molecular flexibility index (Phi) is 7.71. The Morgan fingerprint density at radius 1 is 0.889 bits per heavy atom. The number of amides is 4. The molecule has 3 aromatic carbocycles. The summed E-state index contributed by atoms with van der Waals surface area (Å²) < 4.78 is 11.3. The molecule has 0 atom stereocenters. The van der Waals surface area contributed by atoms with E-state index in [9.17, 15) is 14.4 Å². The smallest absolute Gasteiger partial charge is 0.335 e. The van der Waals surface area contributed by atoms with Crippen molar-refractivity contribution >= 4 is 41.2 Å². The van der Waals surface area contributed by atoms with Gasteiger partial charge in [-0.05, 0) is 73.0 Å². The number of hydrogen-bond donors (Lipinski definition) is 1. The van der Waals surface area contributed by atoms with E-state index in [1.54, 1.807) is 36.4 Å². The molecule has 1 saturated heterocycles. The summed E-state index contributed by atoms with van der Waals surface area (Å²) in [5, 5.41) is 2.90. The van der Waals surface area contributed by atoms with Gasteiger partial charge < -0.3 is 9.47 Å². The van der Waals surface area contributed by atoms with E-state index in [-0.39, 0.29) is 5.57 Å². The topological polar surface area (TPSA) is 84.9 Å². The third-order valence-electron chi connectivity index (χ3n) is 5.55. The van der Waals surface area contributed by atoms with Crippen molar-refractivity contribution in [3.8, 4) is 11.5 Å². The lowest BCUT2D eigenvalue weighted by Crippen LogP contribution is -2.54. The van der Waals surface area contributed by atoms with Gasteiger partial charge in [-0.1, -0.05) is 41.9 Å². The van der Waals surface area contributed by atoms with Gasteiger partial charge in [-0.15, -0.1) is 0 Å². The van der Waals surface area contributed by atoms with Gasteiger partial charge in [-0.25, -0.2) is 9.69 Å². The van der Waals surface area contributed by atoms with Crippen molar-refractivity contribution in [2.24, 2.45) is 0 Å². The summed E-state index contributed by atoms with van der Waals surface area (Å²) in [7, 11) is 0. The monoisotopic (exact) mass is 504 g/mol. The minimum absolute atomic E-state index is 0.162. The second-order valence-corrected chi connectivity index (χ2v) is 8.36. The van der Waals surface area contributed by atoms with E-state index >= 15 is 0 Å². The number of carbonyl (C=O) groups excluding carboxylic acids is 3. The Morgan fingerprint density at radius 3 is 2.31 bits per heavy atom. The number of imide groups is 2. The van der Waals surface area contributed by atoms with Crippen LogP contribution in [-0.4, -0.2) is 31.1 Å². The lowest BCUT2D eigenvalue weighted by atomic mass is 10.0. The highest BCUT2D eigenvalue weighted by molar-refractivity contribution is 6.39. The van der Waals surface area contributed by atoms with Crippen LogP contribution in [0.4, 0.5) is 10.5 Å². The van der Waals surface area contributed by atoms with Crippen molar-refractivity contribution in [2.75, 3.05) is 18.1 Å². The number of anilines is 1. The van der Waals surface area contributed by atoms with Gasteiger partial charge in [0.15, 0.2) is 0 Å². The fraction of sp³-hybridized carbons (Fsp3) is 0.179. The number of hydrogen-bond acceptors (Lipinski definition) is 5. The van der Waals surface area contributed by atoms with Crippen molar-refractivity contribution in [2.45, 2.75) is 20.3 Å². The molecule has 8 heteroatoms. The maximum absolute atomic E-state index is 13.2. The second-order valence-electron chi connectivity index (χ2n) is 7.95. The average Bonchev–Trinajstić information content (AvgIpc) is 2.86. The molecular formula is C28H25ClN2O5. The molecule has 1 heterocycles. The number of nitrogens with zero attached hydrogens (tertiary/aromatic N) is 1. The lowest BCUT2D eigenvalue weighted by Gasteiger charge is -2.26. The number of rotatable bonds is 8. The SMILES string of the molecule is CCOc1ccc(N2C(=O)NC(=O)/C(=C\c3ccc(Cc4ccccc4Cl)c(OCC)c3)C2=O)cc1. The van der Waals surface area contributed by atoms with Gasteiger partial charge in [0.05, 0.1) is 18.9 Å². The molecule has 3 aromatic rings. The molecule has 0 spiro atoms. The fourth-order valence-corrected chi connectivity index (χ4v) is 4.06. The molecular weight excluding hydrogens is 480 g/mol. The number of urea groups is 1. The molecule has 0 unspecified atom stereocenters. The number of carbonyl (C=O) groups is 3. The largest absolute Gasteiger partial charge is 0.494 e. The van der Waals surface area contributed by atoms with Crippen LogP contribution in [0, 0.1) is 0 Å². The normalized spacial score (nSPS) is 14.7.